The maximum absolute atomic E-state index is 15.0. The normalized spacial score (nSPS) is 30.6. The largest absolute Gasteiger partial charge is 0.494 e. The Morgan fingerprint density at radius 3 is 2.47 bits per heavy atom. The fourth-order valence-corrected chi connectivity index (χ4v) is 9.66. The van der Waals surface area contributed by atoms with Gasteiger partial charge in [0.2, 0.25) is 33.3 Å². The van der Waals surface area contributed by atoms with E-state index < -0.39 is 105 Å². The molecular weight excluding hydrogens is 780 g/mol. The van der Waals surface area contributed by atoms with Gasteiger partial charge in [-0.2, -0.15) is 13.2 Å². The number of fused-ring (bicyclic) bond motifs is 3. The summed E-state index contributed by atoms with van der Waals surface area (Å²) in [5, 5.41) is 1.25. The summed E-state index contributed by atoms with van der Waals surface area (Å²) in [7, 11) is -3.22. The number of nitrogens with one attached hydrogen (secondary N) is 1. The molecule has 318 valence electrons. The number of allylic oxidation sites excluding steroid dienone is 2. The van der Waals surface area contributed by atoms with Gasteiger partial charge in [0.15, 0.2) is 5.78 Å². The molecule has 3 heterocycles. The summed E-state index contributed by atoms with van der Waals surface area (Å²) in [6, 6.07) is 5.87. The van der Waals surface area contributed by atoms with Gasteiger partial charge in [-0.05, 0) is 83.0 Å². The van der Waals surface area contributed by atoms with E-state index in [2.05, 4.69) is 4.98 Å². The number of rotatable bonds is 10. The summed E-state index contributed by atoms with van der Waals surface area (Å²) in [5.41, 5.74) is -4.43. The second-order valence-corrected chi connectivity index (χ2v) is 19.0. The van der Waals surface area contributed by atoms with Crippen molar-refractivity contribution in [3.05, 3.63) is 42.6 Å². The van der Waals surface area contributed by atoms with E-state index >= 15 is 4.79 Å². The Morgan fingerprint density at radius 2 is 1.83 bits per heavy atom. The van der Waals surface area contributed by atoms with Gasteiger partial charge in [0.25, 0.3) is 0 Å². The van der Waals surface area contributed by atoms with Gasteiger partial charge in [-0.15, -0.1) is 0 Å². The third kappa shape index (κ3) is 8.72. The first-order chi connectivity index (χ1) is 28.4. The molecule has 16 heteroatoms. The van der Waals surface area contributed by atoms with E-state index in [1.54, 1.807) is 30.3 Å². The second-order valence-electron chi connectivity index (χ2n) is 17.0. The summed E-state index contributed by atoms with van der Waals surface area (Å²) in [5.74, 6) is -5.21. The minimum absolute atomic E-state index is 0.0359. The lowest BCUT2D eigenvalue weighted by Crippen LogP contribution is -2.49. The zero-order chi connectivity index (χ0) is 44.9. The van der Waals surface area contributed by atoms with Crippen molar-refractivity contribution in [3.63, 3.8) is 0 Å². The maximum Gasteiger partial charge on any atom is 0.427 e. The Balaban J connectivity index is 1.38. The lowest BCUT2D eigenvalue weighted by atomic mass is 9.79. The first-order valence-electron chi connectivity index (χ1n) is 21.3. The molecule has 12 nitrogen and oxygen atoms in total. The van der Waals surface area contributed by atoms with Crippen LogP contribution in [0.3, 0.4) is 0 Å². The van der Waals surface area contributed by atoms with E-state index in [0.717, 1.165) is 13.8 Å². The van der Waals surface area contributed by atoms with E-state index in [1.807, 2.05) is 24.6 Å². The van der Waals surface area contributed by atoms with Gasteiger partial charge < -0.3 is 19.1 Å². The molecule has 1 aromatic heterocycles. The standard InChI is InChI=1S/C42H54F3N3O9S/c1-7-26-18-25(2)12-8-9-13-27-21-41(27,38(52)47-58(53,54)40(5)16-17-40)22-33(49)32-19-28(56-36-30-15-11-10-14-29(30)34(55-6)23-46-36)24-48(32)37(51)31(26)20-35(50)57-39(3,4)42(43,44)45/h9-11,13-15,23,25-28,31-32H,7-8,12,16-22,24H2,1-6H3,(H,47,52)/b13-9-/t25-,26+,27+,28+,31-,32-,41+/m0/s1/i5D3. The lowest BCUT2D eigenvalue weighted by Gasteiger charge is -2.34. The van der Waals surface area contributed by atoms with Crippen molar-refractivity contribution in [1.82, 2.24) is 14.6 Å². The monoisotopic (exact) mass is 836 g/mol. The number of methoxy groups -OCH3 is 1. The number of sulfonamides is 1. The molecular formula is C42H54F3N3O9S. The molecule has 7 atom stereocenters. The molecule has 2 saturated carbocycles. The number of aromatic nitrogens is 1. The zero-order valence-corrected chi connectivity index (χ0v) is 34.2. The number of alkyl halides is 3. The van der Waals surface area contributed by atoms with Crippen molar-refractivity contribution < 1.29 is 59.1 Å². The van der Waals surface area contributed by atoms with E-state index in [0.29, 0.717) is 42.2 Å². The summed E-state index contributed by atoms with van der Waals surface area (Å²) in [6.07, 6.45) is -0.347. The Kier molecular flexibility index (Phi) is 10.9. The Bertz CT molecular complexity index is 2180. The minimum atomic E-state index is -4.90. The number of carbonyl (C=O) groups is 4. The number of hydrogen-bond donors (Lipinski definition) is 1. The van der Waals surface area contributed by atoms with Crippen LogP contribution in [-0.4, -0.2) is 84.2 Å². The average Bonchev–Trinajstić information content (AvgIpc) is 4.09. The predicted octanol–water partition coefficient (Wildman–Crippen LogP) is 6.85. The Labute approximate surface area is 341 Å². The molecule has 1 aromatic carbocycles. The van der Waals surface area contributed by atoms with Crippen LogP contribution in [0.15, 0.2) is 42.6 Å². The summed E-state index contributed by atoms with van der Waals surface area (Å²) < 4.78 is 109. The Morgan fingerprint density at radius 1 is 1.12 bits per heavy atom. The molecule has 3 fully saturated rings. The van der Waals surface area contributed by atoms with E-state index in [4.69, 9.17) is 18.3 Å². The van der Waals surface area contributed by atoms with Crippen LogP contribution in [0.2, 0.25) is 0 Å². The highest BCUT2D eigenvalue weighted by atomic mass is 32.2. The van der Waals surface area contributed by atoms with Crippen molar-refractivity contribution in [2.24, 2.45) is 29.1 Å². The van der Waals surface area contributed by atoms with Gasteiger partial charge in [-0.25, -0.2) is 13.4 Å². The van der Waals surface area contributed by atoms with Gasteiger partial charge in [0, 0.05) is 27.7 Å². The highest BCUT2D eigenvalue weighted by Crippen LogP contribution is 2.58. The summed E-state index contributed by atoms with van der Waals surface area (Å²) in [4.78, 5) is 63.0. The van der Waals surface area contributed by atoms with Crippen LogP contribution in [0, 0.1) is 29.1 Å². The lowest BCUT2D eigenvalue weighted by molar-refractivity contribution is -0.257. The molecule has 58 heavy (non-hydrogen) atoms. The number of Topliss-reactive ketones (excluding diaryl/α,β-unsaturated/α-hetero) is 1. The van der Waals surface area contributed by atoms with Gasteiger partial charge in [-0.3, -0.25) is 23.9 Å². The Hall–Kier alpha value is -4.21. The van der Waals surface area contributed by atoms with Gasteiger partial charge in [-0.1, -0.05) is 50.6 Å². The third-order valence-corrected chi connectivity index (χ3v) is 14.3. The first kappa shape index (κ1) is 39.3. The quantitative estimate of drug-likeness (QED) is 0.198. The molecule has 1 saturated heterocycles. The number of ether oxygens (including phenoxy) is 3. The number of carbonyl (C=O) groups excluding carboxylic acids is 4. The second kappa shape index (κ2) is 16.1. The number of amides is 2. The van der Waals surface area contributed by atoms with Crippen molar-refractivity contribution in [3.8, 4) is 11.6 Å². The van der Waals surface area contributed by atoms with Crippen molar-refractivity contribution in [1.29, 1.82) is 0 Å². The number of ketones is 1. The van der Waals surface area contributed by atoms with Crippen LogP contribution in [0.5, 0.6) is 11.6 Å². The van der Waals surface area contributed by atoms with Gasteiger partial charge >= 0.3 is 12.1 Å². The molecule has 2 aliphatic heterocycles. The fraction of sp³-hybridized carbons (Fsp3) is 0.643. The number of esters is 1. The summed E-state index contributed by atoms with van der Waals surface area (Å²) >= 11 is 0. The highest BCUT2D eigenvalue weighted by molar-refractivity contribution is 7.91. The van der Waals surface area contributed by atoms with Crippen LogP contribution in [0.4, 0.5) is 13.2 Å². The van der Waals surface area contributed by atoms with Crippen LogP contribution in [0.1, 0.15) is 103 Å². The number of benzene rings is 1. The third-order valence-electron chi connectivity index (χ3n) is 12.4. The van der Waals surface area contributed by atoms with Gasteiger partial charge in [0.05, 0.1) is 48.4 Å². The first-order valence-corrected chi connectivity index (χ1v) is 21.3. The van der Waals surface area contributed by atoms with Crippen LogP contribution >= 0.6 is 0 Å². The van der Waals surface area contributed by atoms with Crippen LogP contribution in [-0.2, 0) is 33.9 Å². The smallest absolute Gasteiger partial charge is 0.427 e. The predicted molar refractivity (Wildman–Crippen MR) is 208 cm³/mol. The molecule has 4 aliphatic rings. The fourth-order valence-electron chi connectivity index (χ4n) is 8.37. The molecule has 6 rings (SSSR count). The van der Waals surface area contributed by atoms with Crippen molar-refractivity contribution >= 4 is 44.4 Å². The molecule has 2 aromatic rings. The molecule has 1 N–H and O–H groups in total. The molecule has 0 radical (unpaired) electrons. The van der Waals surface area contributed by atoms with Crippen molar-refractivity contribution in [2.75, 3.05) is 13.7 Å². The molecule has 2 aliphatic carbocycles. The van der Waals surface area contributed by atoms with E-state index in [9.17, 15) is 36.0 Å². The molecule has 0 unspecified atom stereocenters. The molecule has 0 spiro atoms. The molecule has 2 amide bonds. The van der Waals surface area contributed by atoms with E-state index in [-0.39, 0.29) is 44.0 Å². The molecule has 0 bridgehead atoms. The summed E-state index contributed by atoms with van der Waals surface area (Å²) in [6.45, 7) is 2.12. The number of hydrogen-bond acceptors (Lipinski definition) is 10. The van der Waals surface area contributed by atoms with Crippen LogP contribution < -0.4 is 14.2 Å². The van der Waals surface area contributed by atoms with E-state index in [1.165, 1.54) is 18.2 Å². The maximum atomic E-state index is 15.0. The minimum Gasteiger partial charge on any atom is -0.494 e. The zero-order valence-electron chi connectivity index (χ0n) is 36.4. The number of nitrogens with zero attached hydrogens (tertiary/aromatic N) is 2. The topological polar surface area (TPSA) is 158 Å². The highest BCUT2D eigenvalue weighted by Gasteiger charge is 2.63. The SMILES string of the molecule is [2H]C([2H])([2H])C1(S(=O)(=O)NC(=O)[C@]23CC(=O)[C@@H]4C[C@@H](Oc5ncc(OC)c6ccccc56)CN4C(=O)[C@@H](CC(=O)OC(C)(C)C(F)(F)F)[C@H](CC)C[C@@H](C)CC/C=C\[C@@H]2C3)CC1. The van der Waals surface area contributed by atoms with Crippen LogP contribution in [0.25, 0.3) is 10.8 Å². The van der Waals surface area contributed by atoms with Gasteiger partial charge in [0.1, 0.15) is 11.9 Å². The average molecular weight is 837 g/mol. The van der Waals surface area contributed by atoms with Crippen molar-refractivity contribution in [2.45, 2.75) is 127 Å². The number of halogens is 3. The number of pyridine rings is 1.